The highest BCUT2D eigenvalue weighted by molar-refractivity contribution is 7.99. The maximum atomic E-state index is 12.1. The Hall–Kier alpha value is -2.80. The van der Waals surface area contributed by atoms with Crippen LogP contribution in [0.2, 0.25) is 0 Å². The van der Waals surface area contributed by atoms with Crippen LogP contribution in [0.5, 0.6) is 5.75 Å². The smallest absolute Gasteiger partial charge is 0.277 e. The highest BCUT2D eigenvalue weighted by Gasteiger charge is 2.14. The number of carbonyl (C=O) groups is 1. The third-order valence-electron chi connectivity index (χ3n) is 3.86. The first kappa shape index (κ1) is 18.0. The van der Waals surface area contributed by atoms with Gasteiger partial charge in [0.15, 0.2) is 0 Å². The predicted octanol–water partition coefficient (Wildman–Crippen LogP) is 4.09. The van der Waals surface area contributed by atoms with Crippen LogP contribution < -0.4 is 10.1 Å². The van der Waals surface area contributed by atoms with Crippen molar-refractivity contribution in [1.82, 2.24) is 10.2 Å². The molecule has 0 fully saturated rings. The van der Waals surface area contributed by atoms with E-state index < -0.39 is 0 Å². The minimum atomic E-state index is -0.129. The lowest BCUT2D eigenvalue weighted by Crippen LogP contribution is -2.14. The molecule has 0 radical (unpaired) electrons. The Bertz CT molecular complexity index is 924. The van der Waals surface area contributed by atoms with Crippen LogP contribution in [0.1, 0.15) is 11.1 Å². The number of thioether (sulfide) groups is 1. The average Bonchev–Trinajstić information content (AvgIpc) is 3.12. The number of hydrogen-bond donors (Lipinski definition) is 1. The van der Waals surface area contributed by atoms with Gasteiger partial charge in [0.2, 0.25) is 5.91 Å². The minimum absolute atomic E-state index is 0.129. The molecule has 0 atom stereocenters. The van der Waals surface area contributed by atoms with Crippen molar-refractivity contribution in [2.45, 2.75) is 19.1 Å². The zero-order valence-corrected chi connectivity index (χ0v) is 15.6. The van der Waals surface area contributed by atoms with E-state index >= 15 is 0 Å². The molecular formula is C19H19N3O3S. The molecule has 1 aromatic heterocycles. The lowest BCUT2D eigenvalue weighted by atomic mass is 10.1. The summed E-state index contributed by atoms with van der Waals surface area (Å²) in [5.41, 5.74) is 3.81. The number of aryl methyl sites for hydroxylation is 2. The summed E-state index contributed by atoms with van der Waals surface area (Å²) in [5, 5.41) is 11.2. The second kappa shape index (κ2) is 8.05. The number of rotatable bonds is 6. The number of nitrogens with zero attached hydrogens (tertiary/aromatic N) is 2. The monoisotopic (exact) mass is 369 g/mol. The van der Waals surface area contributed by atoms with Crippen molar-refractivity contribution in [3.8, 4) is 17.2 Å². The Morgan fingerprint density at radius 3 is 2.73 bits per heavy atom. The van der Waals surface area contributed by atoms with E-state index in [0.717, 1.165) is 11.3 Å². The van der Waals surface area contributed by atoms with Gasteiger partial charge in [-0.3, -0.25) is 4.79 Å². The molecule has 0 saturated carbocycles. The normalized spacial score (nSPS) is 10.6. The van der Waals surface area contributed by atoms with Crippen LogP contribution in [-0.2, 0) is 4.79 Å². The van der Waals surface area contributed by atoms with Crippen LogP contribution >= 0.6 is 11.8 Å². The SMILES string of the molecule is COc1ccccc1-c1nnc(SCC(=O)Nc2ccc(C)c(C)c2)o1. The van der Waals surface area contributed by atoms with E-state index in [-0.39, 0.29) is 11.7 Å². The molecular weight excluding hydrogens is 350 g/mol. The van der Waals surface area contributed by atoms with Gasteiger partial charge >= 0.3 is 0 Å². The number of aromatic nitrogens is 2. The molecule has 26 heavy (non-hydrogen) atoms. The van der Waals surface area contributed by atoms with Crippen LogP contribution in [0.3, 0.4) is 0 Å². The van der Waals surface area contributed by atoms with Gasteiger partial charge in [0.25, 0.3) is 11.1 Å². The van der Waals surface area contributed by atoms with E-state index in [1.165, 1.54) is 17.3 Å². The number of amides is 1. The molecule has 0 spiro atoms. The third-order valence-corrected chi connectivity index (χ3v) is 4.68. The lowest BCUT2D eigenvalue weighted by Gasteiger charge is -2.06. The standard InChI is InChI=1S/C19H19N3O3S/c1-12-8-9-14(10-13(12)2)20-17(23)11-26-19-22-21-18(25-19)15-6-4-5-7-16(15)24-3/h4-10H,11H2,1-3H3,(H,20,23). The molecule has 0 bridgehead atoms. The maximum absolute atomic E-state index is 12.1. The summed E-state index contributed by atoms with van der Waals surface area (Å²) in [5.74, 6) is 1.07. The number of hydrogen-bond acceptors (Lipinski definition) is 6. The molecule has 0 unspecified atom stereocenters. The summed E-state index contributed by atoms with van der Waals surface area (Å²) in [6, 6.07) is 13.2. The molecule has 1 amide bonds. The van der Waals surface area contributed by atoms with Gasteiger partial charge in [0, 0.05) is 5.69 Å². The fourth-order valence-corrected chi connectivity index (χ4v) is 2.90. The molecule has 1 N–H and O–H groups in total. The first-order valence-corrected chi connectivity index (χ1v) is 9.02. The molecule has 7 heteroatoms. The number of anilines is 1. The number of benzene rings is 2. The summed E-state index contributed by atoms with van der Waals surface area (Å²) in [6.07, 6.45) is 0. The number of para-hydroxylation sites is 1. The highest BCUT2D eigenvalue weighted by atomic mass is 32.2. The quantitative estimate of drug-likeness (QED) is 0.660. The molecule has 0 saturated heterocycles. The Balaban J connectivity index is 1.61. The van der Waals surface area contributed by atoms with Crippen LogP contribution in [0.4, 0.5) is 5.69 Å². The van der Waals surface area contributed by atoms with Crippen molar-refractivity contribution in [2.75, 3.05) is 18.2 Å². The fourth-order valence-electron chi connectivity index (χ4n) is 2.34. The van der Waals surface area contributed by atoms with Gasteiger partial charge in [-0.1, -0.05) is 30.0 Å². The summed E-state index contributed by atoms with van der Waals surface area (Å²) in [4.78, 5) is 12.1. The summed E-state index contributed by atoms with van der Waals surface area (Å²) in [7, 11) is 1.59. The van der Waals surface area contributed by atoms with E-state index in [1.54, 1.807) is 7.11 Å². The Kier molecular flexibility index (Phi) is 5.58. The van der Waals surface area contributed by atoms with Gasteiger partial charge in [-0.2, -0.15) is 0 Å². The molecule has 3 rings (SSSR count). The van der Waals surface area contributed by atoms with Crippen molar-refractivity contribution in [2.24, 2.45) is 0 Å². The molecule has 3 aromatic rings. The zero-order valence-electron chi connectivity index (χ0n) is 14.8. The molecule has 6 nitrogen and oxygen atoms in total. The zero-order chi connectivity index (χ0) is 18.5. The first-order chi connectivity index (χ1) is 12.6. The number of nitrogens with one attached hydrogen (secondary N) is 1. The van der Waals surface area contributed by atoms with Gasteiger partial charge in [-0.05, 0) is 49.2 Å². The predicted molar refractivity (Wildman–Crippen MR) is 102 cm³/mol. The van der Waals surface area contributed by atoms with E-state index in [0.29, 0.717) is 22.4 Å². The van der Waals surface area contributed by atoms with Gasteiger partial charge in [-0.25, -0.2) is 0 Å². The van der Waals surface area contributed by atoms with E-state index in [1.807, 2.05) is 56.3 Å². The van der Waals surface area contributed by atoms with Crippen molar-refractivity contribution in [1.29, 1.82) is 0 Å². The van der Waals surface area contributed by atoms with Crippen LogP contribution in [0.15, 0.2) is 52.1 Å². The lowest BCUT2D eigenvalue weighted by molar-refractivity contribution is -0.113. The van der Waals surface area contributed by atoms with Crippen LogP contribution in [0.25, 0.3) is 11.5 Å². The van der Waals surface area contributed by atoms with Gasteiger partial charge < -0.3 is 14.5 Å². The molecule has 0 aliphatic rings. The highest BCUT2D eigenvalue weighted by Crippen LogP contribution is 2.30. The van der Waals surface area contributed by atoms with Gasteiger partial charge in [0.1, 0.15) is 5.75 Å². The molecule has 0 aliphatic heterocycles. The van der Waals surface area contributed by atoms with Crippen molar-refractivity contribution >= 4 is 23.4 Å². The van der Waals surface area contributed by atoms with Crippen molar-refractivity contribution in [3.63, 3.8) is 0 Å². The van der Waals surface area contributed by atoms with Gasteiger partial charge in [-0.15, -0.1) is 10.2 Å². The minimum Gasteiger partial charge on any atom is -0.496 e. The van der Waals surface area contributed by atoms with Crippen molar-refractivity contribution < 1.29 is 13.9 Å². The first-order valence-electron chi connectivity index (χ1n) is 8.03. The number of ether oxygens (including phenoxy) is 1. The van der Waals surface area contributed by atoms with Crippen LogP contribution in [0, 0.1) is 13.8 Å². The second-order valence-electron chi connectivity index (χ2n) is 5.71. The Labute approximate surface area is 156 Å². The molecule has 1 heterocycles. The molecule has 134 valence electrons. The maximum Gasteiger partial charge on any atom is 0.277 e. The van der Waals surface area contributed by atoms with Crippen LogP contribution in [-0.4, -0.2) is 29.0 Å². The fraction of sp³-hybridized carbons (Fsp3) is 0.211. The summed E-state index contributed by atoms with van der Waals surface area (Å²) >= 11 is 1.19. The van der Waals surface area contributed by atoms with E-state index in [2.05, 4.69) is 15.5 Å². The third kappa shape index (κ3) is 4.23. The molecule has 2 aromatic carbocycles. The molecule has 0 aliphatic carbocycles. The second-order valence-corrected chi connectivity index (χ2v) is 6.64. The Morgan fingerprint density at radius 1 is 1.15 bits per heavy atom. The van der Waals surface area contributed by atoms with Gasteiger partial charge in [0.05, 0.1) is 18.4 Å². The van der Waals surface area contributed by atoms with Crippen molar-refractivity contribution in [3.05, 3.63) is 53.6 Å². The number of carbonyl (C=O) groups excluding carboxylic acids is 1. The summed E-state index contributed by atoms with van der Waals surface area (Å²) < 4.78 is 10.9. The van der Waals surface area contributed by atoms with E-state index in [9.17, 15) is 4.79 Å². The number of methoxy groups -OCH3 is 1. The average molecular weight is 369 g/mol. The van der Waals surface area contributed by atoms with E-state index in [4.69, 9.17) is 9.15 Å². The topological polar surface area (TPSA) is 77.2 Å². The Morgan fingerprint density at radius 2 is 1.96 bits per heavy atom. The largest absolute Gasteiger partial charge is 0.496 e. The summed E-state index contributed by atoms with van der Waals surface area (Å²) in [6.45, 7) is 4.04.